The number of carbonyl (C=O) groups excluding carboxylic acids is 2. The summed E-state index contributed by atoms with van der Waals surface area (Å²) in [5.41, 5.74) is 3.40. The molecule has 154 valence electrons. The van der Waals surface area contributed by atoms with Gasteiger partial charge < -0.3 is 14.5 Å². The number of ether oxygens (including phenoxy) is 1. The SMILES string of the molecule is Cc1ccc(-c2cc(C(=O)N3CCN(C(=O)CN4CCOCC4)CC3)[nH]n2)cc1. The molecule has 29 heavy (non-hydrogen) atoms. The van der Waals surface area contributed by atoms with Gasteiger partial charge in [-0.3, -0.25) is 19.6 Å². The lowest BCUT2D eigenvalue weighted by Gasteiger charge is -2.36. The summed E-state index contributed by atoms with van der Waals surface area (Å²) in [6, 6.07) is 9.84. The van der Waals surface area contributed by atoms with Crippen LogP contribution in [-0.4, -0.2) is 95.7 Å². The highest BCUT2D eigenvalue weighted by atomic mass is 16.5. The second kappa shape index (κ2) is 8.75. The third-order valence-electron chi connectivity index (χ3n) is 5.54. The summed E-state index contributed by atoms with van der Waals surface area (Å²) >= 11 is 0. The predicted octanol–water partition coefficient (Wildman–Crippen LogP) is 1.00. The average molecular weight is 397 g/mol. The fraction of sp³-hybridized carbons (Fsp3) is 0.476. The Hall–Kier alpha value is -2.71. The van der Waals surface area contributed by atoms with Crippen molar-refractivity contribution in [2.24, 2.45) is 0 Å². The van der Waals surface area contributed by atoms with Crippen molar-refractivity contribution in [3.63, 3.8) is 0 Å². The normalized spacial score (nSPS) is 18.1. The van der Waals surface area contributed by atoms with Crippen LogP contribution in [0.25, 0.3) is 11.3 Å². The number of H-pyrrole nitrogens is 1. The molecule has 1 aromatic carbocycles. The summed E-state index contributed by atoms with van der Waals surface area (Å²) in [4.78, 5) is 31.1. The molecule has 8 nitrogen and oxygen atoms in total. The Balaban J connectivity index is 1.31. The lowest BCUT2D eigenvalue weighted by Crippen LogP contribution is -2.53. The van der Waals surface area contributed by atoms with Crippen LogP contribution in [0.15, 0.2) is 30.3 Å². The largest absolute Gasteiger partial charge is 0.379 e. The van der Waals surface area contributed by atoms with Crippen LogP contribution < -0.4 is 0 Å². The van der Waals surface area contributed by atoms with Gasteiger partial charge in [-0.1, -0.05) is 29.8 Å². The molecular formula is C21H27N5O3. The van der Waals surface area contributed by atoms with E-state index in [0.717, 1.165) is 24.3 Å². The van der Waals surface area contributed by atoms with E-state index < -0.39 is 0 Å². The van der Waals surface area contributed by atoms with Crippen molar-refractivity contribution in [2.45, 2.75) is 6.92 Å². The molecule has 0 aliphatic carbocycles. The molecule has 0 unspecified atom stereocenters. The number of hydrogen-bond donors (Lipinski definition) is 1. The average Bonchev–Trinajstić information content (AvgIpc) is 3.25. The second-order valence-corrected chi connectivity index (χ2v) is 7.59. The zero-order valence-corrected chi connectivity index (χ0v) is 16.8. The minimum Gasteiger partial charge on any atom is -0.379 e. The van der Waals surface area contributed by atoms with E-state index in [1.54, 1.807) is 11.0 Å². The number of amides is 2. The number of hydrogen-bond acceptors (Lipinski definition) is 5. The lowest BCUT2D eigenvalue weighted by atomic mass is 10.1. The number of piperazine rings is 1. The Morgan fingerprint density at radius 1 is 1.00 bits per heavy atom. The van der Waals surface area contributed by atoms with Gasteiger partial charge in [0.25, 0.3) is 5.91 Å². The van der Waals surface area contributed by atoms with Gasteiger partial charge in [-0.2, -0.15) is 5.10 Å². The minimum atomic E-state index is -0.0730. The van der Waals surface area contributed by atoms with E-state index in [1.165, 1.54) is 5.56 Å². The number of nitrogens with one attached hydrogen (secondary N) is 1. The fourth-order valence-electron chi connectivity index (χ4n) is 3.68. The maximum absolute atomic E-state index is 12.8. The molecule has 0 saturated carbocycles. The molecule has 2 fully saturated rings. The van der Waals surface area contributed by atoms with Crippen LogP contribution >= 0.6 is 0 Å². The number of nitrogens with zero attached hydrogens (tertiary/aromatic N) is 4. The van der Waals surface area contributed by atoms with Gasteiger partial charge in [-0.25, -0.2) is 0 Å². The van der Waals surface area contributed by atoms with Gasteiger partial charge in [-0.15, -0.1) is 0 Å². The molecule has 1 aromatic heterocycles. The van der Waals surface area contributed by atoms with E-state index in [2.05, 4.69) is 15.1 Å². The van der Waals surface area contributed by atoms with Crippen LogP contribution in [0, 0.1) is 6.92 Å². The van der Waals surface area contributed by atoms with Crippen molar-refractivity contribution in [2.75, 3.05) is 59.0 Å². The van der Waals surface area contributed by atoms with Crippen LogP contribution in [0.1, 0.15) is 16.1 Å². The van der Waals surface area contributed by atoms with Crippen molar-refractivity contribution in [1.29, 1.82) is 0 Å². The van der Waals surface area contributed by atoms with Crippen LogP contribution in [-0.2, 0) is 9.53 Å². The van der Waals surface area contributed by atoms with Crippen LogP contribution in [0.4, 0.5) is 0 Å². The van der Waals surface area contributed by atoms with Gasteiger partial charge in [0, 0.05) is 44.8 Å². The first kappa shape index (κ1) is 19.6. The van der Waals surface area contributed by atoms with Crippen molar-refractivity contribution in [3.05, 3.63) is 41.6 Å². The predicted molar refractivity (Wildman–Crippen MR) is 109 cm³/mol. The molecule has 2 aliphatic rings. The van der Waals surface area contributed by atoms with Crippen LogP contribution in [0.5, 0.6) is 0 Å². The van der Waals surface area contributed by atoms with E-state index in [4.69, 9.17) is 4.74 Å². The topological polar surface area (TPSA) is 81.8 Å². The molecule has 8 heteroatoms. The summed E-state index contributed by atoms with van der Waals surface area (Å²) in [5.74, 6) is 0.0540. The van der Waals surface area contributed by atoms with E-state index >= 15 is 0 Å². The molecule has 2 saturated heterocycles. The number of aryl methyl sites for hydroxylation is 1. The molecule has 2 aromatic rings. The highest BCUT2D eigenvalue weighted by Crippen LogP contribution is 2.19. The highest BCUT2D eigenvalue weighted by molar-refractivity contribution is 5.93. The Morgan fingerprint density at radius 3 is 2.34 bits per heavy atom. The van der Waals surface area contributed by atoms with Gasteiger partial charge >= 0.3 is 0 Å². The first-order chi connectivity index (χ1) is 14.1. The number of morpholine rings is 1. The Labute approximate surface area is 170 Å². The third-order valence-corrected chi connectivity index (χ3v) is 5.54. The molecule has 4 rings (SSSR count). The Kier molecular flexibility index (Phi) is 5.92. The molecule has 0 bridgehead atoms. The Bertz CT molecular complexity index is 849. The smallest absolute Gasteiger partial charge is 0.272 e. The van der Waals surface area contributed by atoms with Gasteiger partial charge in [0.05, 0.1) is 25.5 Å². The third kappa shape index (κ3) is 4.65. The molecule has 1 N–H and O–H groups in total. The molecule has 0 atom stereocenters. The van der Waals surface area contributed by atoms with Crippen molar-refractivity contribution in [1.82, 2.24) is 24.9 Å². The molecular weight excluding hydrogens is 370 g/mol. The number of aromatic amines is 1. The number of aromatic nitrogens is 2. The molecule has 0 spiro atoms. The van der Waals surface area contributed by atoms with Gasteiger partial charge in [0.1, 0.15) is 5.69 Å². The summed E-state index contributed by atoms with van der Waals surface area (Å²) in [7, 11) is 0. The number of benzene rings is 1. The highest BCUT2D eigenvalue weighted by Gasteiger charge is 2.27. The van der Waals surface area contributed by atoms with Crippen LogP contribution in [0.3, 0.4) is 0 Å². The molecule has 0 radical (unpaired) electrons. The standard InChI is InChI=1S/C21H27N5O3/c1-16-2-4-17(5-3-16)18-14-19(23-22-18)21(28)26-8-6-25(7-9-26)20(27)15-24-10-12-29-13-11-24/h2-5,14H,6-13,15H2,1H3,(H,22,23). The van der Waals surface area contributed by atoms with Gasteiger partial charge in [-0.05, 0) is 13.0 Å². The van der Waals surface area contributed by atoms with E-state index in [9.17, 15) is 9.59 Å². The maximum atomic E-state index is 12.8. The van der Waals surface area contributed by atoms with Gasteiger partial charge in [0.2, 0.25) is 5.91 Å². The van der Waals surface area contributed by atoms with Crippen molar-refractivity contribution >= 4 is 11.8 Å². The van der Waals surface area contributed by atoms with E-state index in [0.29, 0.717) is 51.6 Å². The quantitative estimate of drug-likeness (QED) is 0.833. The zero-order chi connectivity index (χ0) is 20.2. The fourth-order valence-corrected chi connectivity index (χ4v) is 3.68. The zero-order valence-electron chi connectivity index (χ0n) is 16.8. The van der Waals surface area contributed by atoms with Gasteiger partial charge in [0.15, 0.2) is 0 Å². The van der Waals surface area contributed by atoms with Crippen molar-refractivity contribution < 1.29 is 14.3 Å². The van der Waals surface area contributed by atoms with Crippen molar-refractivity contribution in [3.8, 4) is 11.3 Å². The summed E-state index contributed by atoms with van der Waals surface area (Å²) in [6.45, 7) is 7.63. The van der Waals surface area contributed by atoms with E-state index in [1.807, 2.05) is 36.1 Å². The number of carbonyl (C=O) groups is 2. The first-order valence-electron chi connectivity index (χ1n) is 10.1. The number of rotatable bonds is 4. The second-order valence-electron chi connectivity index (χ2n) is 7.59. The summed E-state index contributed by atoms with van der Waals surface area (Å²) in [5, 5.41) is 7.15. The monoisotopic (exact) mass is 397 g/mol. The summed E-state index contributed by atoms with van der Waals surface area (Å²) < 4.78 is 5.33. The molecule has 2 aliphatic heterocycles. The minimum absolute atomic E-state index is 0.0730. The first-order valence-corrected chi connectivity index (χ1v) is 10.1. The molecule has 2 amide bonds. The Morgan fingerprint density at radius 2 is 1.66 bits per heavy atom. The molecule has 3 heterocycles. The van der Waals surface area contributed by atoms with Crippen LogP contribution in [0.2, 0.25) is 0 Å². The maximum Gasteiger partial charge on any atom is 0.272 e. The lowest BCUT2D eigenvalue weighted by molar-refractivity contribution is -0.134. The van der Waals surface area contributed by atoms with E-state index in [-0.39, 0.29) is 11.8 Å². The summed E-state index contributed by atoms with van der Waals surface area (Å²) in [6.07, 6.45) is 0.